The van der Waals surface area contributed by atoms with Crippen LogP contribution in [0.15, 0.2) is 10.7 Å². The van der Waals surface area contributed by atoms with Crippen molar-refractivity contribution in [2.24, 2.45) is 0 Å². The largest absolute Gasteiger partial charge is 0.390 e. The monoisotopic (exact) mass is 329 g/mol. The quantitative estimate of drug-likeness (QED) is 0.682. The molecule has 6 heteroatoms. The van der Waals surface area contributed by atoms with E-state index in [1.165, 1.54) is 6.07 Å². The van der Waals surface area contributed by atoms with Gasteiger partial charge in [-0.25, -0.2) is 13.8 Å². The Balaban J connectivity index is 3.23. The van der Waals surface area contributed by atoms with Crippen LogP contribution in [0.1, 0.15) is 23.2 Å². The van der Waals surface area contributed by atoms with E-state index in [0.717, 1.165) is 0 Å². The summed E-state index contributed by atoms with van der Waals surface area (Å²) in [6, 6.07) is 1.34. The second-order valence-corrected chi connectivity index (χ2v) is 3.88. The van der Waals surface area contributed by atoms with Crippen molar-refractivity contribution in [1.29, 1.82) is 0 Å². The predicted octanol–water partition coefficient (Wildman–Crippen LogP) is 3.17. The Kier molecular flexibility index (Phi) is 4.40. The minimum absolute atomic E-state index is 0.0845. The summed E-state index contributed by atoms with van der Waals surface area (Å²) in [5, 5.41) is 9.30. The molecule has 0 fully saturated rings. The summed E-state index contributed by atoms with van der Waals surface area (Å²) in [4.78, 5) is 3.84. The second kappa shape index (κ2) is 5.14. The lowest BCUT2D eigenvalue weighted by atomic mass is 10.1. The molecule has 1 aromatic rings. The number of pyridine rings is 1. The van der Waals surface area contributed by atoms with Crippen LogP contribution in [-0.4, -0.2) is 10.1 Å². The van der Waals surface area contributed by atoms with E-state index in [0.29, 0.717) is 16.6 Å². The van der Waals surface area contributed by atoms with Crippen molar-refractivity contribution in [2.45, 2.75) is 18.4 Å². The number of nitrogens with zero attached hydrogens (tertiary/aromatic N) is 1. The molecule has 0 aliphatic rings. The molecule has 1 aromatic heterocycles. The summed E-state index contributed by atoms with van der Waals surface area (Å²) in [6.45, 7) is -0.261. The molecule has 0 aliphatic heterocycles. The molecule has 1 rings (SSSR count). The molecule has 1 N–H and O–H groups in total. The number of halogens is 4. The summed E-state index contributed by atoms with van der Waals surface area (Å²) in [5.41, 5.74) is 0.820. The summed E-state index contributed by atoms with van der Waals surface area (Å²) >= 11 is 6.08. The van der Waals surface area contributed by atoms with Crippen LogP contribution in [0.4, 0.5) is 8.78 Å². The molecule has 0 radical (unpaired) electrons. The minimum atomic E-state index is -2.57. The van der Waals surface area contributed by atoms with E-state index in [9.17, 15) is 8.78 Å². The Labute approximate surface area is 96.6 Å². The fraction of sp³-hybridized carbons (Fsp3) is 0.375. The van der Waals surface area contributed by atoms with Crippen LogP contribution in [-0.2, 0) is 11.9 Å². The van der Waals surface area contributed by atoms with Crippen molar-refractivity contribution in [3.63, 3.8) is 0 Å². The van der Waals surface area contributed by atoms with Gasteiger partial charge in [-0.2, -0.15) is 0 Å². The number of alkyl halides is 3. The summed E-state index contributed by atoms with van der Waals surface area (Å²) in [5.74, 6) is 0. The van der Waals surface area contributed by atoms with Crippen LogP contribution in [0.2, 0.25) is 0 Å². The Morgan fingerprint density at radius 2 is 2.14 bits per heavy atom. The van der Waals surface area contributed by atoms with Crippen molar-refractivity contribution in [3.8, 4) is 0 Å². The van der Waals surface area contributed by atoms with Crippen molar-refractivity contribution < 1.29 is 13.9 Å². The SMILES string of the molecule is OCc1nc(Br)c(C(F)F)cc1CBr. The molecule has 78 valence electrons. The highest BCUT2D eigenvalue weighted by molar-refractivity contribution is 9.10. The van der Waals surface area contributed by atoms with E-state index in [-0.39, 0.29) is 16.8 Å². The zero-order chi connectivity index (χ0) is 10.7. The average Bonchev–Trinajstić information content (AvgIpc) is 2.16. The molecule has 0 aliphatic carbocycles. The molecule has 0 atom stereocenters. The lowest BCUT2D eigenvalue weighted by Crippen LogP contribution is -2.00. The molecule has 0 bridgehead atoms. The predicted molar refractivity (Wildman–Crippen MR) is 55.4 cm³/mol. The van der Waals surface area contributed by atoms with Crippen molar-refractivity contribution in [1.82, 2.24) is 4.98 Å². The first-order valence-electron chi connectivity index (χ1n) is 3.73. The zero-order valence-electron chi connectivity index (χ0n) is 6.98. The van der Waals surface area contributed by atoms with Crippen LogP contribution in [0.3, 0.4) is 0 Å². The van der Waals surface area contributed by atoms with Crippen LogP contribution < -0.4 is 0 Å². The number of rotatable bonds is 3. The smallest absolute Gasteiger partial charge is 0.266 e. The summed E-state index contributed by atoms with van der Waals surface area (Å²) in [7, 11) is 0. The first kappa shape index (κ1) is 12.0. The standard InChI is InChI=1S/C8H7Br2F2NO/c9-2-4-1-5(8(11)12)7(10)13-6(4)3-14/h1,8,14H,2-3H2. The van der Waals surface area contributed by atoms with E-state index >= 15 is 0 Å². The molecule has 0 aromatic carbocycles. The van der Waals surface area contributed by atoms with Crippen LogP contribution in [0, 0.1) is 0 Å². The maximum Gasteiger partial charge on any atom is 0.266 e. The highest BCUT2D eigenvalue weighted by atomic mass is 79.9. The topological polar surface area (TPSA) is 33.1 Å². The second-order valence-electron chi connectivity index (χ2n) is 2.57. The van der Waals surface area contributed by atoms with Crippen molar-refractivity contribution in [3.05, 3.63) is 27.5 Å². The van der Waals surface area contributed by atoms with Gasteiger partial charge in [-0.05, 0) is 27.6 Å². The van der Waals surface area contributed by atoms with Gasteiger partial charge in [0.1, 0.15) is 4.60 Å². The highest BCUT2D eigenvalue weighted by Gasteiger charge is 2.15. The Hall–Kier alpha value is -0.0700. The van der Waals surface area contributed by atoms with Gasteiger partial charge in [-0.15, -0.1) is 0 Å². The van der Waals surface area contributed by atoms with Gasteiger partial charge in [0.2, 0.25) is 0 Å². The van der Waals surface area contributed by atoms with Gasteiger partial charge in [0.05, 0.1) is 17.9 Å². The minimum Gasteiger partial charge on any atom is -0.390 e. The van der Waals surface area contributed by atoms with Gasteiger partial charge >= 0.3 is 0 Å². The Morgan fingerprint density at radius 1 is 1.50 bits per heavy atom. The fourth-order valence-electron chi connectivity index (χ4n) is 0.991. The normalized spacial score (nSPS) is 11.0. The molecule has 0 unspecified atom stereocenters. The zero-order valence-corrected chi connectivity index (χ0v) is 10.1. The lowest BCUT2D eigenvalue weighted by Gasteiger charge is -2.08. The van der Waals surface area contributed by atoms with Crippen LogP contribution in [0.5, 0.6) is 0 Å². The van der Waals surface area contributed by atoms with Gasteiger partial charge in [-0.3, -0.25) is 0 Å². The third-order valence-electron chi connectivity index (χ3n) is 1.70. The van der Waals surface area contributed by atoms with Gasteiger partial charge in [0.15, 0.2) is 0 Å². The molecule has 2 nitrogen and oxygen atoms in total. The van der Waals surface area contributed by atoms with E-state index in [2.05, 4.69) is 36.8 Å². The Morgan fingerprint density at radius 3 is 2.57 bits per heavy atom. The molecule has 0 saturated heterocycles. The van der Waals surface area contributed by atoms with E-state index in [1.54, 1.807) is 0 Å². The maximum absolute atomic E-state index is 12.4. The van der Waals surface area contributed by atoms with Crippen LogP contribution >= 0.6 is 31.9 Å². The molecule has 0 amide bonds. The van der Waals surface area contributed by atoms with Gasteiger partial charge in [0.25, 0.3) is 6.43 Å². The number of aliphatic hydroxyl groups is 1. The third-order valence-corrected chi connectivity index (χ3v) is 2.94. The number of hydrogen-bond donors (Lipinski definition) is 1. The maximum atomic E-state index is 12.4. The molecule has 14 heavy (non-hydrogen) atoms. The lowest BCUT2D eigenvalue weighted by molar-refractivity contribution is 0.149. The van der Waals surface area contributed by atoms with E-state index in [1.807, 2.05) is 0 Å². The first-order valence-corrected chi connectivity index (χ1v) is 5.64. The van der Waals surface area contributed by atoms with Gasteiger partial charge in [-0.1, -0.05) is 15.9 Å². The number of aromatic nitrogens is 1. The van der Waals surface area contributed by atoms with E-state index < -0.39 is 6.43 Å². The molecular weight excluding hydrogens is 324 g/mol. The molecule has 0 saturated carbocycles. The van der Waals surface area contributed by atoms with Gasteiger partial charge < -0.3 is 5.11 Å². The first-order chi connectivity index (χ1) is 6.60. The van der Waals surface area contributed by atoms with Crippen molar-refractivity contribution >= 4 is 31.9 Å². The molecule has 1 heterocycles. The Bertz CT molecular complexity index is 333. The van der Waals surface area contributed by atoms with E-state index in [4.69, 9.17) is 5.11 Å². The van der Waals surface area contributed by atoms with Crippen LogP contribution in [0.25, 0.3) is 0 Å². The number of aliphatic hydroxyl groups excluding tert-OH is 1. The highest BCUT2D eigenvalue weighted by Crippen LogP contribution is 2.28. The van der Waals surface area contributed by atoms with Crippen molar-refractivity contribution in [2.75, 3.05) is 0 Å². The molecule has 0 spiro atoms. The number of hydrogen-bond acceptors (Lipinski definition) is 2. The summed E-state index contributed by atoms with van der Waals surface area (Å²) in [6.07, 6.45) is -2.57. The fourth-order valence-corrected chi connectivity index (χ4v) is 1.98. The average molecular weight is 331 g/mol. The summed E-state index contributed by atoms with van der Waals surface area (Å²) < 4.78 is 24.9. The van der Waals surface area contributed by atoms with Gasteiger partial charge in [0, 0.05) is 5.33 Å². The third kappa shape index (κ3) is 2.49. The molecular formula is C8H7Br2F2NO.